The van der Waals surface area contributed by atoms with Gasteiger partial charge in [0.2, 0.25) is 5.91 Å². The smallest absolute Gasteiger partial charge is 0.224 e. The minimum Gasteiger partial charge on any atom is -0.338 e. The van der Waals surface area contributed by atoms with E-state index in [2.05, 4.69) is 39.2 Å². The number of piperidine rings is 1. The lowest BCUT2D eigenvalue weighted by molar-refractivity contribution is -0.135. The topological polar surface area (TPSA) is 41.4 Å². The number of amides is 1. The molecule has 1 aliphatic carbocycles. The lowest BCUT2D eigenvalue weighted by atomic mass is 9.94. The summed E-state index contributed by atoms with van der Waals surface area (Å²) in [6, 6.07) is 9.89. The fourth-order valence-electron chi connectivity index (χ4n) is 5.46. The van der Waals surface area contributed by atoms with Crippen molar-refractivity contribution in [2.24, 2.45) is 5.92 Å². The molecule has 0 saturated carbocycles. The highest BCUT2D eigenvalue weighted by molar-refractivity contribution is 5.76. The number of fused-ring (bicyclic) bond motifs is 5. The van der Waals surface area contributed by atoms with E-state index in [1.807, 2.05) is 24.0 Å². The molecule has 1 amide bonds. The molecule has 6 rings (SSSR count). The number of hydrogen-bond acceptors (Lipinski definition) is 3. The number of hydrogen-bond donors (Lipinski definition) is 0. The van der Waals surface area contributed by atoms with E-state index in [0.29, 0.717) is 36.9 Å². The molecule has 2 atom stereocenters. The standard InChI is InChI=1S/C23H30N4O/c1-17-12-24-26(13-17)9-8-23(28)27-15-18-6-7-21(27)16-25(14-18)22-10-19-4-2-3-5-20(19)11-22/h2-5,12-13,18,21-22H,6-11,14-16H2,1H3/t18-,21+/m0/s1. The molecule has 0 radical (unpaired) electrons. The van der Waals surface area contributed by atoms with Crippen molar-refractivity contribution in [1.82, 2.24) is 19.6 Å². The first-order valence-electron chi connectivity index (χ1n) is 10.7. The summed E-state index contributed by atoms with van der Waals surface area (Å²) in [5.74, 6) is 0.928. The highest BCUT2D eigenvalue weighted by atomic mass is 16.2. The van der Waals surface area contributed by atoms with Crippen molar-refractivity contribution in [3.63, 3.8) is 0 Å². The summed E-state index contributed by atoms with van der Waals surface area (Å²) >= 11 is 0. The van der Waals surface area contributed by atoms with Crippen LogP contribution in [0.25, 0.3) is 0 Å². The van der Waals surface area contributed by atoms with E-state index in [0.717, 1.165) is 31.6 Å². The molecule has 1 aromatic heterocycles. The predicted octanol–water partition coefficient (Wildman–Crippen LogP) is 2.67. The highest BCUT2D eigenvalue weighted by Gasteiger charge is 2.39. The Balaban J connectivity index is 1.23. The van der Waals surface area contributed by atoms with Crippen molar-refractivity contribution in [3.8, 4) is 0 Å². The van der Waals surface area contributed by atoms with Gasteiger partial charge >= 0.3 is 0 Å². The van der Waals surface area contributed by atoms with Gasteiger partial charge in [-0.1, -0.05) is 24.3 Å². The maximum Gasteiger partial charge on any atom is 0.224 e. The Morgan fingerprint density at radius 2 is 1.86 bits per heavy atom. The molecule has 2 aromatic rings. The molecule has 28 heavy (non-hydrogen) atoms. The largest absolute Gasteiger partial charge is 0.338 e. The summed E-state index contributed by atoms with van der Waals surface area (Å²) in [6.07, 6.45) is 9.19. The fourth-order valence-corrected chi connectivity index (χ4v) is 5.46. The third-order valence-electron chi connectivity index (χ3n) is 6.93. The summed E-state index contributed by atoms with van der Waals surface area (Å²) in [6.45, 7) is 5.86. The molecular formula is C23H30N4O. The average Bonchev–Trinajstić information content (AvgIpc) is 3.21. The number of carbonyl (C=O) groups excluding carboxylic acids is 1. The quantitative estimate of drug-likeness (QED) is 0.821. The fraction of sp³-hybridized carbons (Fsp3) is 0.565. The summed E-state index contributed by atoms with van der Waals surface area (Å²) in [4.78, 5) is 17.9. The van der Waals surface area contributed by atoms with Crippen LogP contribution in [0.4, 0.5) is 0 Å². The Hall–Kier alpha value is -2.14. The van der Waals surface area contributed by atoms with E-state index in [9.17, 15) is 4.79 Å². The summed E-state index contributed by atoms with van der Waals surface area (Å²) in [5.41, 5.74) is 4.19. The molecule has 2 bridgehead atoms. The van der Waals surface area contributed by atoms with Crippen molar-refractivity contribution >= 4 is 5.91 Å². The second-order valence-corrected chi connectivity index (χ2v) is 8.96. The molecule has 0 unspecified atom stereocenters. The van der Waals surface area contributed by atoms with Crippen LogP contribution in [0.2, 0.25) is 0 Å². The molecule has 0 spiro atoms. The van der Waals surface area contributed by atoms with E-state index in [1.54, 1.807) is 0 Å². The van der Waals surface area contributed by atoms with Crippen LogP contribution in [-0.4, -0.2) is 57.2 Å². The molecule has 3 fully saturated rings. The van der Waals surface area contributed by atoms with E-state index >= 15 is 0 Å². The number of benzene rings is 1. The Labute approximate surface area is 167 Å². The Morgan fingerprint density at radius 3 is 2.57 bits per heavy atom. The van der Waals surface area contributed by atoms with E-state index in [4.69, 9.17) is 0 Å². The molecule has 5 nitrogen and oxygen atoms in total. The summed E-state index contributed by atoms with van der Waals surface area (Å²) in [5, 5.41) is 4.32. The molecule has 148 valence electrons. The molecule has 4 heterocycles. The van der Waals surface area contributed by atoms with Crippen LogP contribution in [0.3, 0.4) is 0 Å². The van der Waals surface area contributed by atoms with Crippen LogP contribution in [0.1, 0.15) is 36.0 Å². The highest BCUT2D eigenvalue weighted by Crippen LogP contribution is 2.33. The van der Waals surface area contributed by atoms with Crippen molar-refractivity contribution in [2.75, 3.05) is 19.6 Å². The number of aryl methyl sites for hydroxylation is 2. The van der Waals surface area contributed by atoms with Gasteiger partial charge in [0.1, 0.15) is 0 Å². The SMILES string of the molecule is Cc1cnn(CCC(=O)N2C[C@H]3CC[C@@H]2CN(C2Cc4ccccc4C2)C3)c1. The van der Waals surface area contributed by atoms with Crippen molar-refractivity contribution in [3.05, 3.63) is 53.3 Å². The minimum atomic E-state index is 0.305. The van der Waals surface area contributed by atoms with Gasteiger partial charge in [-0.25, -0.2) is 0 Å². The van der Waals surface area contributed by atoms with Crippen LogP contribution < -0.4 is 0 Å². The van der Waals surface area contributed by atoms with Crippen LogP contribution in [0, 0.1) is 12.8 Å². The molecular weight excluding hydrogens is 348 g/mol. The lowest BCUT2D eigenvalue weighted by Gasteiger charge is -2.36. The third-order valence-corrected chi connectivity index (χ3v) is 6.93. The zero-order chi connectivity index (χ0) is 19.1. The van der Waals surface area contributed by atoms with Crippen molar-refractivity contribution in [2.45, 2.75) is 57.7 Å². The van der Waals surface area contributed by atoms with Gasteiger partial charge < -0.3 is 4.90 Å². The first kappa shape index (κ1) is 17.9. The van der Waals surface area contributed by atoms with Gasteiger partial charge in [0.05, 0.1) is 6.20 Å². The van der Waals surface area contributed by atoms with Crippen LogP contribution in [0.15, 0.2) is 36.7 Å². The van der Waals surface area contributed by atoms with Gasteiger partial charge in [0.25, 0.3) is 0 Å². The van der Waals surface area contributed by atoms with E-state index < -0.39 is 0 Å². The molecule has 4 aliphatic rings. The van der Waals surface area contributed by atoms with Gasteiger partial charge in [-0.2, -0.15) is 5.10 Å². The third kappa shape index (κ3) is 3.48. The van der Waals surface area contributed by atoms with Gasteiger partial charge in [-0.3, -0.25) is 14.4 Å². The van der Waals surface area contributed by atoms with Crippen molar-refractivity contribution < 1.29 is 4.79 Å². The molecule has 5 heteroatoms. The molecule has 1 aromatic carbocycles. The maximum atomic E-state index is 13.0. The Kier molecular flexibility index (Phi) is 4.71. The number of rotatable bonds is 4. The monoisotopic (exact) mass is 378 g/mol. The Bertz CT molecular complexity index is 835. The normalized spacial score (nSPS) is 25.1. The first-order chi connectivity index (χ1) is 13.7. The number of aromatic nitrogens is 2. The van der Waals surface area contributed by atoms with Gasteiger partial charge in [-0.15, -0.1) is 0 Å². The number of carbonyl (C=O) groups is 1. The number of nitrogens with zero attached hydrogens (tertiary/aromatic N) is 4. The maximum absolute atomic E-state index is 13.0. The first-order valence-corrected chi connectivity index (χ1v) is 10.7. The van der Waals surface area contributed by atoms with Crippen LogP contribution >= 0.6 is 0 Å². The minimum absolute atomic E-state index is 0.305. The second-order valence-electron chi connectivity index (χ2n) is 8.96. The van der Waals surface area contributed by atoms with E-state index in [-0.39, 0.29) is 0 Å². The molecule has 3 aliphatic heterocycles. The Morgan fingerprint density at radius 1 is 1.07 bits per heavy atom. The van der Waals surface area contributed by atoms with Crippen molar-refractivity contribution in [1.29, 1.82) is 0 Å². The molecule has 3 saturated heterocycles. The van der Waals surface area contributed by atoms with Gasteiger partial charge in [0.15, 0.2) is 0 Å². The summed E-state index contributed by atoms with van der Waals surface area (Å²) in [7, 11) is 0. The van der Waals surface area contributed by atoms with Gasteiger partial charge in [-0.05, 0) is 55.2 Å². The zero-order valence-corrected chi connectivity index (χ0v) is 16.8. The van der Waals surface area contributed by atoms with Crippen LogP contribution in [-0.2, 0) is 24.2 Å². The zero-order valence-electron chi connectivity index (χ0n) is 16.8. The molecule has 0 N–H and O–H groups in total. The second kappa shape index (κ2) is 7.36. The van der Waals surface area contributed by atoms with E-state index in [1.165, 1.54) is 30.4 Å². The predicted molar refractivity (Wildman–Crippen MR) is 109 cm³/mol. The summed E-state index contributed by atoms with van der Waals surface area (Å²) < 4.78 is 1.89. The van der Waals surface area contributed by atoms with Crippen LogP contribution in [0.5, 0.6) is 0 Å². The lowest BCUT2D eigenvalue weighted by Crippen LogP contribution is -2.48. The van der Waals surface area contributed by atoms with Gasteiger partial charge in [0, 0.05) is 50.9 Å². The average molecular weight is 379 g/mol.